The molecule has 3 aliphatic rings. The van der Waals surface area contributed by atoms with Crippen molar-refractivity contribution in [2.24, 2.45) is 5.92 Å². The van der Waals surface area contributed by atoms with E-state index < -0.39 is 22.3 Å². The SMILES string of the molecule is O=C(c1cccnc1)C1C(c2cccc([N+](=O)[O-])c2)C2CSCN2C12C(=O)Nc1ccccc12. The summed E-state index contributed by atoms with van der Waals surface area (Å²) in [5.41, 5.74) is 1.37. The van der Waals surface area contributed by atoms with Gasteiger partial charge in [0.15, 0.2) is 5.78 Å². The number of para-hydroxylation sites is 1. The normalized spacial score (nSPS) is 27.4. The third kappa shape index (κ3) is 2.80. The molecule has 0 radical (unpaired) electrons. The van der Waals surface area contributed by atoms with E-state index in [9.17, 15) is 19.7 Å². The minimum absolute atomic E-state index is 0.0282. The number of non-ortho nitro benzene ring substituents is 1. The molecule has 2 saturated heterocycles. The Morgan fingerprint density at radius 3 is 2.82 bits per heavy atom. The predicted molar refractivity (Wildman–Crippen MR) is 128 cm³/mol. The molecule has 3 aromatic rings. The highest BCUT2D eigenvalue weighted by molar-refractivity contribution is 7.99. The van der Waals surface area contributed by atoms with E-state index in [1.165, 1.54) is 12.3 Å². The second-order valence-corrected chi connectivity index (χ2v) is 9.76. The highest BCUT2D eigenvalue weighted by Crippen LogP contribution is 2.61. The van der Waals surface area contributed by atoms with Crippen molar-refractivity contribution in [3.63, 3.8) is 0 Å². The molecule has 34 heavy (non-hydrogen) atoms. The van der Waals surface area contributed by atoms with E-state index in [0.717, 1.165) is 11.3 Å². The third-order valence-electron chi connectivity index (χ3n) is 7.22. The molecule has 4 heterocycles. The Kier molecular flexibility index (Phi) is 4.79. The van der Waals surface area contributed by atoms with Gasteiger partial charge in [0.1, 0.15) is 5.54 Å². The number of pyridine rings is 1. The van der Waals surface area contributed by atoms with Crippen LogP contribution in [0.1, 0.15) is 27.4 Å². The number of anilines is 1. The van der Waals surface area contributed by atoms with Crippen molar-refractivity contribution in [1.29, 1.82) is 0 Å². The molecule has 0 saturated carbocycles. The molecule has 2 fully saturated rings. The number of hydrogen-bond acceptors (Lipinski definition) is 7. The Hall–Kier alpha value is -3.56. The fourth-order valence-corrected chi connectivity index (χ4v) is 7.26. The quantitative estimate of drug-likeness (QED) is 0.350. The molecular weight excluding hydrogens is 452 g/mol. The van der Waals surface area contributed by atoms with Gasteiger partial charge in [0.05, 0.1) is 10.8 Å². The fourth-order valence-electron chi connectivity index (χ4n) is 5.94. The summed E-state index contributed by atoms with van der Waals surface area (Å²) in [6.45, 7) is 0. The van der Waals surface area contributed by atoms with Crippen molar-refractivity contribution in [3.05, 3.63) is 99.9 Å². The van der Waals surface area contributed by atoms with Gasteiger partial charge in [-0.05, 0) is 23.8 Å². The summed E-state index contributed by atoms with van der Waals surface area (Å²) >= 11 is 1.71. The smallest absolute Gasteiger partial charge is 0.269 e. The van der Waals surface area contributed by atoms with Gasteiger partial charge >= 0.3 is 0 Å². The summed E-state index contributed by atoms with van der Waals surface area (Å²) in [5, 5.41) is 14.6. The van der Waals surface area contributed by atoms with Crippen molar-refractivity contribution in [2.75, 3.05) is 16.9 Å². The van der Waals surface area contributed by atoms with Crippen molar-refractivity contribution in [3.8, 4) is 0 Å². The topological polar surface area (TPSA) is 105 Å². The largest absolute Gasteiger partial charge is 0.324 e. The number of aromatic nitrogens is 1. The molecule has 4 unspecified atom stereocenters. The lowest BCUT2D eigenvalue weighted by Crippen LogP contribution is -2.52. The number of nitrogens with one attached hydrogen (secondary N) is 1. The van der Waals surface area contributed by atoms with Crippen molar-refractivity contribution < 1.29 is 14.5 Å². The van der Waals surface area contributed by atoms with Gasteiger partial charge in [-0.15, -0.1) is 11.8 Å². The summed E-state index contributed by atoms with van der Waals surface area (Å²) in [6.07, 6.45) is 3.13. The average molecular weight is 473 g/mol. The van der Waals surface area contributed by atoms with Gasteiger partial charge < -0.3 is 5.32 Å². The number of carbonyl (C=O) groups excluding carboxylic acids is 2. The maximum atomic E-state index is 14.2. The first-order valence-electron chi connectivity index (χ1n) is 11.0. The molecule has 1 N–H and O–H groups in total. The third-order valence-corrected chi connectivity index (χ3v) is 8.26. The zero-order valence-corrected chi connectivity index (χ0v) is 18.8. The lowest BCUT2D eigenvalue weighted by molar-refractivity contribution is -0.384. The Morgan fingerprint density at radius 1 is 1.18 bits per heavy atom. The summed E-state index contributed by atoms with van der Waals surface area (Å²) in [6, 6.07) is 17.3. The maximum absolute atomic E-state index is 14.2. The molecule has 6 rings (SSSR count). The number of Topliss-reactive ketones (excluding diaryl/α,β-unsaturated/α-hetero) is 1. The van der Waals surface area contributed by atoms with Crippen LogP contribution in [0.5, 0.6) is 0 Å². The van der Waals surface area contributed by atoms with Crippen LogP contribution >= 0.6 is 11.8 Å². The Morgan fingerprint density at radius 2 is 2.03 bits per heavy atom. The zero-order valence-electron chi connectivity index (χ0n) is 18.0. The van der Waals surface area contributed by atoms with Crippen molar-refractivity contribution in [2.45, 2.75) is 17.5 Å². The summed E-state index contributed by atoms with van der Waals surface area (Å²) in [5.74, 6) is -0.268. The highest BCUT2D eigenvalue weighted by Gasteiger charge is 2.69. The molecule has 2 aromatic carbocycles. The minimum atomic E-state index is -1.20. The van der Waals surface area contributed by atoms with Gasteiger partial charge in [0, 0.05) is 64.9 Å². The number of nitro groups is 1. The molecule has 8 nitrogen and oxygen atoms in total. The lowest BCUT2D eigenvalue weighted by Gasteiger charge is -2.36. The lowest BCUT2D eigenvalue weighted by atomic mass is 9.69. The molecule has 4 atom stereocenters. The molecule has 3 aliphatic heterocycles. The standard InChI is InChI=1S/C25H20N4O4S/c30-23(16-6-4-10-26-12-16)22-21(15-5-3-7-17(11-15)29(32)33)20-13-34-14-28(20)25(22)18-8-1-2-9-19(18)27-24(25)31/h1-12,20-22H,13-14H2,(H,27,31). The summed E-state index contributed by atoms with van der Waals surface area (Å²) in [4.78, 5) is 45.5. The van der Waals surface area contributed by atoms with Crippen LogP contribution in [-0.4, -0.2) is 44.2 Å². The number of fused-ring (bicyclic) bond motifs is 4. The summed E-state index contributed by atoms with van der Waals surface area (Å²) < 4.78 is 0. The van der Waals surface area contributed by atoms with Gasteiger partial charge in [-0.3, -0.25) is 29.6 Å². The van der Waals surface area contributed by atoms with Crippen LogP contribution in [-0.2, 0) is 10.3 Å². The fraction of sp³-hybridized carbons (Fsp3) is 0.240. The van der Waals surface area contributed by atoms with Gasteiger partial charge in [0.2, 0.25) is 5.91 Å². The number of rotatable bonds is 4. The van der Waals surface area contributed by atoms with E-state index in [1.54, 1.807) is 42.2 Å². The number of hydrogen-bond donors (Lipinski definition) is 1. The van der Waals surface area contributed by atoms with Crippen LogP contribution in [0.25, 0.3) is 0 Å². The minimum Gasteiger partial charge on any atom is -0.324 e. The van der Waals surface area contributed by atoms with Gasteiger partial charge in [-0.1, -0.05) is 30.3 Å². The first kappa shape index (κ1) is 21.0. The first-order chi connectivity index (χ1) is 16.5. The number of nitro benzene ring substituents is 1. The zero-order chi connectivity index (χ0) is 23.4. The van der Waals surface area contributed by atoms with E-state index in [2.05, 4.69) is 15.2 Å². The number of carbonyl (C=O) groups is 2. The Balaban J connectivity index is 1.62. The Labute approximate surface area is 199 Å². The molecule has 0 bridgehead atoms. The maximum Gasteiger partial charge on any atom is 0.269 e. The molecule has 0 aliphatic carbocycles. The van der Waals surface area contributed by atoms with Crippen LogP contribution in [0, 0.1) is 16.0 Å². The second-order valence-electron chi connectivity index (χ2n) is 8.76. The first-order valence-corrected chi connectivity index (χ1v) is 12.1. The Bertz CT molecular complexity index is 1330. The number of thioether (sulfide) groups is 1. The van der Waals surface area contributed by atoms with E-state index in [0.29, 0.717) is 22.7 Å². The van der Waals surface area contributed by atoms with E-state index in [1.807, 2.05) is 30.3 Å². The van der Waals surface area contributed by atoms with Gasteiger partial charge in [-0.2, -0.15) is 0 Å². The van der Waals surface area contributed by atoms with Crippen LogP contribution in [0.3, 0.4) is 0 Å². The molecule has 1 amide bonds. The van der Waals surface area contributed by atoms with Gasteiger partial charge in [0.25, 0.3) is 5.69 Å². The predicted octanol–water partition coefficient (Wildman–Crippen LogP) is 3.81. The molecule has 1 spiro atoms. The van der Waals surface area contributed by atoms with E-state index >= 15 is 0 Å². The van der Waals surface area contributed by atoms with Crippen molar-refractivity contribution in [1.82, 2.24) is 9.88 Å². The number of ketones is 1. The van der Waals surface area contributed by atoms with E-state index in [4.69, 9.17) is 0 Å². The van der Waals surface area contributed by atoms with Crippen LogP contribution in [0.15, 0.2) is 73.1 Å². The highest BCUT2D eigenvalue weighted by atomic mass is 32.2. The number of nitrogens with zero attached hydrogens (tertiary/aromatic N) is 3. The summed E-state index contributed by atoms with van der Waals surface area (Å²) in [7, 11) is 0. The van der Waals surface area contributed by atoms with Crippen molar-refractivity contribution >= 4 is 34.8 Å². The number of amides is 1. The molecule has 170 valence electrons. The second kappa shape index (κ2) is 7.75. The molecular formula is C25H20N4O4S. The average Bonchev–Trinajstić information content (AvgIpc) is 3.52. The van der Waals surface area contributed by atoms with E-state index in [-0.39, 0.29) is 23.4 Å². The van der Waals surface area contributed by atoms with Crippen LogP contribution < -0.4 is 5.32 Å². The van der Waals surface area contributed by atoms with Crippen LogP contribution in [0.4, 0.5) is 11.4 Å². The number of benzene rings is 2. The molecule has 1 aromatic heterocycles. The van der Waals surface area contributed by atoms with Crippen LogP contribution in [0.2, 0.25) is 0 Å². The van der Waals surface area contributed by atoms with Gasteiger partial charge in [-0.25, -0.2) is 0 Å². The monoisotopic (exact) mass is 472 g/mol. The molecule has 9 heteroatoms.